The number of rotatable bonds is 7. The number of nitrogens with zero attached hydrogens (tertiary/aromatic N) is 2. The zero-order chi connectivity index (χ0) is 16.1. The average molecular weight is 317 g/mol. The maximum Gasteiger partial charge on any atom is 0.230 e. The number of imidazole rings is 1. The number of nitrogens with one attached hydrogen (secondary N) is 1. The summed E-state index contributed by atoms with van der Waals surface area (Å²) in [4.78, 5) is 16.6. The van der Waals surface area contributed by atoms with Crippen LogP contribution in [0.4, 0.5) is 0 Å². The van der Waals surface area contributed by atoms with Crippen LogP contribution in [0.25, 0.3) is 11.0 Å². The van der Waals surface area contributed by atoms with Gasteiger partial charge in [0.2, 0.25) is 5.91 Å². The second-order valence-corrected chi connectivity index (χ2v) is 6.61. The molecule has 0 spiro atoms. The minimum Gasteiger partial charge on any atom is -0.353 e. The van der Waals surface area contributed by atoms with Gasteiger partial charge in [-0.05, 0) is 25.0 Å². The van der Waals surface area contributed by atoms with Crippen molar-refractivity contribution in [3.05, 3.63) is 36.9 Å². The van der Waals surface area contributed by atoms with E-state index in [1.807, 2.05) is 37.3 Å². The maximum absolute atomic E-state index is 12.0. The number of benzene rings is 1. The number of allylic oxidation sites excluding steroid dienone is 1. The van der Waals surface area contributed by atoms with Gasteiger partial charge < -0.3 is 9.88 Å². The molecule has 4 nitrogen and oxygen atoms in total. The summed E-state index contributed by atoms with van der Waals surface area (Å²) >= 11 is 1.47. The molecule has 0 aliphatic heterocycles. The first-order valence-electron chi connectivity index (χ1n) is 7.51. The van der Waals surface area contributed by atoms with E-state index in [0.717, 1.165) is 16.2 Å². The highest BCUT2D eigenvalue weighted by Crippen LogP contribution is 2.24. The molecule has 5 heteroatoms. The monoisotopic (exact) mass is 317 g/mol. The van der Waals surface area contributed by atoms with Crippen LogP contribution in [0.3, 0.4) is 0 Å². The fraction of sp³-hybridized carbons (Fsp3) is 0.412. The number of hydrogen-bond donors (Lipinski definition) is 1. The number of carbonyl (C=O) groups is 1. The molecule has 118 valence electrons. The second kappa shape index (κ2) is 7.49. The van der Waals surface area contributed by atoms with Crippen LogP contribution in [-0.2, 0) is 11.3 Å². The molecule has 0 saturated carbocycles. The van der Waals surface area contributed by atoms with Crippen LogP contribution in [0.2, 0.25) is 0 Å². The van der Waals surface area contributed by atoms with Gasteiger partial charge in [0.15, 0.2) is 5.16 Å². The van der Waals surface area contributed by atoms with E-state index in [1.165, 1.54) is 11.8 Å². The van der Waals surface area contributed by atoms with Gasteiger partial charge in [-0.3, -0.25) is 4.79 Å². The number of hydrogen-bond acceptors (Lipinski definition) is 3. The molecule has 1 amide bonds. The fourth-order valence-electron chi connectivity index (χ4n) is 2.06. The van der Waals surface area contributed by atoms with Gasteiger partial charge >= 0.3 is 0 Å². The van der Waals surface area contributed by atoms with E-state index in [-0.39, 0.29) is 11.9 Å². The largest absolute Gasteiger partial charge is 0.353 e. The number of thioether (sulfide) groups is 1. The summed E-state index contributed by atoms with van der Waals surface area (Å²) in [5.41, 5.74) is 2.02. The van der Waals surface area contributed by atoms with Crippen molar-refractivity contribution in [3.8, 4) is 0 Å². The molecular formula is C17H23N3OS. The Hall–Kier alpha value is -1.75. The van der Waals surface area contributed by atoms with Crippen LogP contribution in [0.15, 0.2) is 42.1 Å². The molecule has 1 aromatic carbocycles. The lowest BCUT2D eigenvalue weighted by molar-refractivity contribution is -0.119. The van der Waals surface area contributed by atoms with E-state index >= 15 is 0 Å². The third-order valence-electron chi connectivity index (χ3n) is 3.65. The molecule has 0 fully saturated rings. The van der Waals surface area contributed by atoms with Gasteiger partial charge in [0.1, 0.15) is 0 Å². The molecule has 1 heterocycles. The number of carbonyl (C=O) groups excluding carboxylic acids is 1. The topological polar surface area (TPSA) is 46.9 Å². The lowest BCUT2D eigenvalue weighted by Crippen LogP contribution is -2.37. The first kappa shape index (κ1) is 16.6. The van der Waals surface area contributed by atoms with Crippen LogP contribution in [0.1, 0.15) is 20.8 Å². The lowest BCUT2D eigenvalue weighted by atomic mass is 10.1. The number of amides is 1. The predicted octanol–water partition coefficient (Wildman–Crippen LogP) is 3.48. The summed E-state index contributed by atoms with van der Waals surface area (Å²) in [7, 11) is 0. The molecule has 0 bridgehead atoms. The number of fused-ring (bicyclic) bond motifs is 1. The van der Waals surface area contributed by atoms with Crippen molar-refractivity contribution in [2.24, 2.45) is 5.92 Å². The highest BCUT2D eigenvalue weighted by Gasteiger charge is 2.14. The molecule has 1 N–H and O–H groups in total. The summed E-state index contributed by atoms with van der Waals surface area (Å²) in [6, 6.07) is 8.17. The molecule has 0 aliphatic rings. The first-order valence-corrected chi connectivity index (χ1v) is 8.49. The summed E-state index contributed by atoms with van der Waals surface area (Å²) in [5.74, 6) is 0.847. The molecule has 0 aliphatic carbocycles. The third kappa shape index (κ3) is 3.91. The Bertz CT molecular complexity index is 663. The summed E-state index contributed by atoms with van der Waals surface area (Å²) < 4.78 is 2.09. The molecule has 2 aromatic rings. The molecule has 22 heavy (non-hydrogen) atoms. The number of aromatic nitrogens is 2. The molecule has 1 atom stereocenters. The zero-order valence-corrected chi connectivity index (χ0v) is 14.2. The van der Waals surface area contributed by atoms with Crippen LogP contribution in [0.5, 0.6) is 0 Å². The standard InChI is InChI=1S/C17H23N3OS/c1-5-10-20-15-9-7-6-8-14(15)19-17(20)22-11-16(21)18-13(4)12(2)3/h5-9,12-13H,1,10-11H2,2-4H3,(H,18,21). The van der Waals surface area contributed by atoms with Gasteiger partial charge in [-0.25, -0.2) is 4.98 Å². The van der Waals surface area contributed by atoms with E-state index in [4.69, 9.17) is 0 Å². The van der Waals surface area contributed by atoms with Crippen molar-refractivity contribution in [1.82, 2.24) is 14.9 Å². The van der Waals surface area contributed by atoms with Crippen molar-refractivity contribution in [2.75, 3.05) is 5.75 Å². The van der Waals surface area contributed by atoms with Crippen molar-refractivity contribution in [3.63, 3.8) is 0 Å². The van der Waals surface area contributed by atoms with Gasteiger partial charge in [-0.15, -0.1) is 6.58 Å². The third-order valence-corrected chi connectivity index (χ3v) is 4.63. The van der Waals surface area contributed by atoms with Gasteiger partial charge in [-0.1, -0.05) is 43.8 Å². The van der Waals surface area contributed by atoms with Crippen LogP contribution in [-0.4, -0.2) is 27.3 Å². The molecule has 1 unspecified atom stereocenters. The van der Waals surface area contributed by atoms with E-state index < -0.39 is 0 Å². The van der Waals surface area contributed by atoms with Crippen LogP contribution in [0, 0.1) is 5.92 Å². The van der Waals surface area contributed by atoms with Crippen molar-refractivity contribution >= 4 is 28.7 Å². The molecular weight excluding hydrogens is 294 g/mol. The number of para-hydroxylation sites is 2. The highest BCUT2D eigenvalue weighted by atomic mass is 32.2. The summed E-state index contributed by atoms with van der Waals surface area (Å²) in [6.07, 6.45) is 1.85. The Morgan fingerprint density at radius 3 is 2.82 bits per heavy atom. The maximum atomic E-state index is 12.0. The fourth-order valence-corrected chi connectivity index (χ4v) is 2.90. The van der Waals surface area contributed by atoms with E-state index in [1.54, 1.807) is 0 Å². The minimum absolute atomic E-state index is 0.0448. The smallest absolute Gasteiger partial charge is 0.230 e. The Morgan fingerprint density at radius 2 is 2.14 bits per heavy atom. The Balaban J connectivity index is 2.09. The summed E-state index contributed by atoms with van der Waals surface area (Å²) in [5, 5.41) is 3.87. The average Bonchev–Trinajstić information content (AvgIpc) is 2.83. The molecule has 2 rings (SSSR count). The van der Waals surface area contributed by atoms with Gasteiger partial charge in [0, 0.05) is 12.6 Å². The molecule has 0 radical (unpaired) electrons. The van der Waals surface area contributed by atoms with Crippen molar-refractivity contribution in [2.45, 2.75) is 38.5 Å². The minimum atomic E-state index is 0.0448. The quantitative estimate of drug-likeness (QED) is 0.628. The second-order valence-electron chi connectivity index (χ2n) is 5.67. The van der Waals surface area contributed by atoms with E-state index in [2.05, 4.69) is 35.3 Å². The zero-order valence-electron chi connectivity index (χ0n) is 13.4. The van der Waals surface area contributed by atoms with Gasteiger partial charge in [0.25, 0.3) is 0 Å². The molecule has 0 saturated heterocycles. The normalized spacial score (nSPS) is 12.5. The van der Waals surface area contributed by atoms with Crippen molar-refractivity contribution < 1.29 is 4.79 Å². The van der Waals surface area contributed by atoms with Gasteiger partial charge in [0.05, 0.1) is 16.8 Å². The molecule has 1 aromatic heterocycles. The lowest BCUT2D eigenvalue weighted by Gasteiger charge is -2.17. The Morgan fingerprint density at radius 1 is 1.41 bits per heavy atom. The Kier molecular flexibility index (Phi) is 5.66. The highest BCUT2D eigenvalue weighted by molar-refractivity contribution is 7.99. The van der Waals surface area contributed by atoms with E-state index in [9.17, 15) is 4.79 Å². The SMILES string of the molecule is C=CCn1c(SCC(=O)NC(C)C(C)C)nc2ccccc21. The van der Waals surface area contributed by atoms with Crippen molar-refractivity contribution in [1.29, 1.82) is 0 Å². The van der Waals surface area contributed by atoms with Crippen LogP contribution >= 0.6 is 11.8 Å². The Labute approximate surface area is 136 Å². The first-order chi connectivity index (χ1) is 10.5. The van der Waals surface area contributed by atoms with Gasteiger partial charge in [-0.2, -0.15) is 0 Å². The summed E-state index contributed by atoms with van der Waals surface area (Å²) in [6.45, 7) is 10.7. The predicted molar refractivity (Wildman–Crippen MR) is 93.1 cm³/mol. The van der Waals surface area contributed by atoms with Crippen LogP contribution < -0.4 is 5.32 Å². The van der Waals surface area contributed by atoms with E-state index in [0.29, 0.717) is 18.2 Å².